The molecule has 0 saturated carbocycles. The molecule has 0 aromatic carbocycles. The predicted octanol–water partition coefficient (Wildman–Crippen LogP) is 0.995. The van der Waals surface area contributed by atoms with E-state index in [9.17, 15) is 4.79 Å². The average molecular weight is 196 g/mol. The summed E-state index contributed by atoms with van der Waals surface area (Å²) < 4.78 is 0. The summed E-state index contributed by atoms with van der Waals surface area (Å²) in [4.78, 5) is 14.1. The van der Waals surface area contributed by atoms with Crippen LogP contribution in [0.1, 0.15) is 33.1 Å². The average Bonchev–Trinajstić information content (AvgIpc) is 2.57. The fourth-order valence-corrected chi connectivity index (χ4v) is 2.56. The summed E-state index contributed by atoms with van der Waals surface area (Å²) in [6.07, 6.45) is 3.35. The molecule has 2 aliphatic rings. The first kappa shape index (κ1) is 9.97. The summed E-state index contributed by atoms with van der Waals surface area (Å²) in [5.74, 6) is 0.933. The molecule has 1 N–H and O–H groups in total. The van der Waals surface area contributed by atoms with Crippen molar-refractivity contribution in [2.75, 3.05) is 13.1 Å². The Morgan fingerprint density at radius 2 is 2.36 bits per heavy atom. The minimum absolute atomic E-state index is 0.0874. The molecule has 0 bridgehead atoms. The summed E-state index contributed by atoms with van der Waals surface area (Å²) in [5, 5.41) is 3.38. The smallest absolute Gasteiger partial charge is 0.240 e. The van der Waals surface area contributed by atoms with Crippen LogP contribution in [-0.2, 0) is 4.79 Å². The number of nitrogens with zero attached hydrogens (tertiary/aromatic N) is 1. The maximum atomic E-state index is 12.0. The standard InChI is InChI=1S/C11H20N2O/c1-8(2)6-10-11(14)13-5-3-4-9(13)7-12-10/h8-10,12H,3-7H2,1-2H3. The number of piperazine rings is 1. The number of fused-ring (bicyclic) bond motifs is 1. The summed E-state index contributed by atoms with van der Waals surface area (Å²) in [6.45, 7) is 6.33. The molecule has 0 aromatic rings. The van der Waals surface area contributed by atoms with Crippen LogP contribution in [0.2, 0.25) is 0 Å². The van der Waals surface area contributed by atoms with Crippen LogP contribution in [0, 0.1) is 5.92 Å². The van der Waals surface area contributed by atoms with Crippen LogP contribution in [0.25, 0.3) is 0 Å². The third kappa shape index (κ3) is 1.78. The zero-order valence-electron chi connectivity index (χ0n) is 9.12. The molecule has 1 amide bonds. The Morgan fingerprint density at radius 3 is 3.07 bits per heavy atom. The first-order chi connectivity index (χ1) is 6.68. The monoisotopic (exact) mass is 196 g/mol. The number of carbonyl (C=O) groups excluding carboxylic acids is 1. The van der Waals surface area contributed by atoms with Gasteiger partial charge in [0.15, 0.2) is 0 Å². The van der Waals surface area contributed by atoms with Crippen molar-refractivity contribution in [3.05, 3.63) is 0 Å². The van der Waals surface area contributed by atoms with Gasteiger partial charge in [0.25, 0.3) is 0 Å². The Balaban J connectivity index is 1.98. The van der Waals surface area contributed by atoms with Crippen molar-refractivity contribution < 1.29 is 4.79 Å². The first-order valence-corrected chi connectivity index (χ1v) is 5.72. The second kappa shape index (κ2) is 3.89. The number of hydrogen-bond donors (Lipinski definition) is 1. The van der Waals surface area contributed by atoms with Gasteiger partial charge < -0.3 is 10.2 Å². The van der Waals surface area contributed by atoms with E-state index >= 15 is 0 Å². The molecule has 2 aliphatic heterocycles. The van der Waals surface area contributed by atoms with E-state index < -0.39 is 0 Å². The van der Waals surface area contributed by atoms with Crippen molar-refractivity contribution in [3.63, 3.8) is 0 Å². The lowest BCUT2D eigenvalue weighted by Gasteiger charge is -2.36. The van der Waals surface area contributed by atoms with Crippen molar-refractivity contribution in [2.45, 2.75) is 45.2 Å². The third-order valence-corrected chi connectivity index (χ3v) is 3.27. The highest BCUT2D eigenvalue weighted by molar-refractivity contribution is 5.83. The summed E-state index contributed by atoms with van der Waals surface area (Å²) in [7, 11) is 0. The van der Waals surface area contributed by atoms with Crippen LogP contribution in [-0.4, -0.2) is 36.0 Å². The van der Waals surface area contributed by atoms with E-state index in [1.54, 1.807) is 0 Å². The Bertz CT molecular complexity index is 227. The van der Waals surface area contributed by atoms with Crippen LogP contribution < -0.4 is 5.32 Å². The summed E-state index contributed by atoms with van der Waals surface area (Å²) >= 11 is 0. The highest BCUT2D eigenvalue weighted by Crippen LogP contribution is 2.22. The van der Waals surface area contributed by atoms with Crippen molar-refractivity contribution in [3.8, 4) is 0 Å². The molecule has 0 radical (unpaired) electrons. The van der Waals surface area contributed by atoms with E-state index in [1.165, 1.54) is 12.8 Å². The van der Waals surface area contributed by atoms with Gasteiger partial charge in [0.2, 0.25) is 5.91 Å². The normalized spacial score (nSPS) is 32.5. The molecule has 0 aromatic heterocycles. The van der Waals surface area contributed by atoms with E-state index in [2.05, 4.69) is 24.1 Å². The fourth-order valence-electron chi connectivity index (χ4n) is 2.56. The summed E-state index contributed by atoms with van der Waals surface area (Å²) in [5.41, 5.74) is 0. The van der Waals surface area contributed by atoms with Gasteiger partial charge in [-0.1, -0.05) is 13.8 Å². The zero-order valence-corrected chi connectivity index (χ0v) is 9.12. The summed E-state index contributed by atoms with van der Waals surface area (Å²) in [6, 6.07) is 0.579. The van der Waals surface area contributed by atoms with E-state index in [0.29, 0.717) is 17.9 Å². The maximum absolute atomic E-state index is 12.0. The quantitative estimate of drug-likeness (QED) is 0.714. The van der Waals surface area contributed by atoms with Crippen molar-refractivity contribution >= 4 is 5.91 Å². The van der Waals surface area contributed by atoms with Crippen molar-refractivity contribution in [1.82, 2.24) is 10.2 Å². The van der Waals surface area contributed by atoms with Gasteiger partial charge in [-0.3, -0.25) is 4.79 Å². The molecular weight excluding hydrogens is 176 g/mol. The molecule has 14 heavy (non-hydrogen) atoms. The predicted molar refractivity (Wildman–Crippen MR) is 56.0 cm³/mol. The zero-order chi connectivity index (χ0) is 10.1. The molecule has 2 heterocycles. The SMILES string of the molecule is CC(C)CC1NCC2CCCN2C1=O. The largest absolute Gasteiger partial charge is 0.337 e. The number of hydrogen-bond acceptors (Lipinski definition) is 2. The minimum atomic E-state index is 0.0874. The van der Waals surface area contributed by atoms with Crippen LogP contribution in [0.5, 0.6) is 0 Å². The number of amides is 1. The Kier molecular flexibility index (Phi) is 2.77. The molecule has 2 saturated heterocycles. The molecule has 0 spiro atoms. The number of carbonyl (C=O) groups is 1. The molecule has 2 atom stereocenters. The topological polar surface area (TPSA) is 32.3 Å². The number of nitrogens with one attached hydrogen (secondary N) is 1. The molecule has 0 aliphatic carbocycles. The van der Waals surface area contributed by atoms with Gasteiger partial charge in [-0.05, 0) is 25.2 Å². The van der Waals surface area contributed by atoms with Crippen LogP contribution in [0.3, 0.4) is 0 Å². The van der Waals surface area contributed by atoms with Gasteiger partial charge in [-0.25, -0.2) is 0 Å². The Morgan fingerprint density at radius 1 is 1.57 bits per heavy atom. The van der Waals surface area contributed by atoms with Gasteiger partial charge >= 0.3 is 0 Å². The Labute approximate surface area is 85.8 Å². The number of rotatable bonds is 2. The van der Waals surface area contributed by atoms with Crippen LogP contribution in [0.15, 0.2) is 0 Å². The van der Waals surface area contributed by atoms with Gasteiger partial charge in [0, 0.05) is 19.1 Å². The van der Waals surface area contributed by atoms with Gasteiger partial charge in [0.1, 0.15) is 0 Å². The maximum Gasteiger partial charge on any atom is 0.240 e. The molecule has 2 rings (SSSR count). The first-order valence-electron chi connectivity index (χ1n) is 5.72. The van der Waals surface area contributed by atoms with Gasteiger partial charge in [-0.15, -0.1) is 0 Å². The fraction of sp³-hybridized carbons (Fsp3) is 0.909. The van der Waals surface area contributed by atoms with E-state index in [4.69, 9.17) is 0 Å². The molecular formula is C11H20N2O. The molecule has 3 heteroatoms. The lowest BCUT2D eigenvalue weighted by atomic mass is 10.00. The minimum Gasteiger partial charge on any atom is -0.337 e. The lowest BCUT2D eigenvalue weighted by molar-refractivity contribution is -0.137. The highest BCUT2D eigenvalue weighted by atomic mass is 16.2. The highest BCUT2D eigenvalue weighted by Gasteiger charge is 2.37. The van der Waals surface area contributed by atoms with E-state index in [1.807, 2.05) is 0 Å². The molecule has 3 nitrogen and oxygen atoms in total. The van der Waals surface area contributed by atoms with E-state index in [0.717, 1.165) is 19.5 Å². The molecule has 80 valence electrons. The second-order valence-corrected chi connectivity index (χ2v) is 4.92. The lowest BCUT2D eigenvalue weighted by Crippen LogP contribution is -2.58. The Hall–Kier alpha value is -0.570. The van der Waals surface area contributed by atoms with Crippen LogP contribution >= 0.6 is 0 Å². The molecule has 2 fully saturated rings. The second-order valence-electron chi connectivity index (χ2n) is 4.92. The van der Waals surface area contributed by atoms with Gasteiger partial charge in [0.05, 0.1) is 6.04 Å². The van der Waals surface area contributed by atoms with Gasteiger partial charge in [-0.2, -0.15) is 0 Å². The molecule has 2 unspecified atom stereocenters. The van der Waals surface area contributed by atoms with Crippen molar-refractivity contribution in [2.24, 2.45) is 5.92 Å². The van der Waals surface area contributed by atoms with Crippen molar-refractivity contribution in [1.29, 1.82) is 0 Å². The van der Waals surface area contributed by atoms with E-state index in [-0.39, 0.29) is 6.04 Å². The third-order valence-electron chi connectivity index (χ3n) is 3.27. The van der Waals surface area contributed by atoms with Crippen LogP contribution in [0.4, 0.5) is 0 Å².